The molecule has 0 aliphatic carbocycles. The summed E-state index contributed by atoms with van der Waals surface area (Å²) in [6.07, 6.45) is 1.98. The molecule has 0 N–H and O–H groups in total. The number of nitrogens with zero attached hydrogens (tertiary/aromatic N) is 1. The molecule has 1 atom stereocenters. The predicted octanol–water partition coefficient (Wildman–Crippen LogP) is 2.18. The summed E-state index contributed by atoms with van der Waals surface area (Å²) in [5.41, 5.74) is 0.672. The molecular formula is C15H17NO5. The maximum atomic E-state index is 11.5. The Morgan fingerprint density at radius 1 is 1.19 bits per heavy atom. The largest absolute Gasteiger partial charge is 0.493 e. The van der Waals surface area contributed by atoms with Gasteiger partial charge in [0.05, 0.1) is 21.3 Å². The van der Waals surface area contributed by atoms with E-state index in [4.69, 9.17) is 24.2 Å². The molecule has 0 radical (unpaired) electrons. The van der Waals surface area contributed by atoms with Crippen LogP contribution in [0.5, 0.6) is 17.2 Å². The van der Waals surface area contributed by atoms with Crippen LogP contribution in [0.3, 0.4) is 0 Å². The van der Waals surface area contributed by atoms with E-state index in [1.807, 2.05) is 6.07 Å². The molecule has 21 heavy (non-hydrogen) atoms. The van der Waals surface area contributed by atoms with Crippen LogP contribution in [0, 0.1) is 11.3 Å². The summed E-state index contributed by atoms with van der Waals surface area (Å²) in [6, 6.07) is 5.20. The monoisotopic (exact) mass is 291 g/mol. The molecule has 0 saturated carbocycles. The summed E-state index contributed by atoms with van der Waals surface area (Å²) in [4.78, 5) is 11.5. The van der Waals surface area contributed by atoms with E-state index < -0.39 is 12.1 Å². The topological polar surface area (TPSA) is 77.8 Å². The lowest BCUT2D eigenvalue weighted by atomic mass is 10.1. The standard InChI is InChI=1S/C15H17NO5/c1-10(9-16)21-14(17)6-5-11-7-12(18-2)15(20-4)13(8-11)19-3/h5-8,10H,1-4H3/b6-5+/t10-/m0/s1. The van der Waals surface area contributed by atoms with Crippen molar-refractivity contribution < 1.29 is 23.7 Å². The fourth-order valence-electron chi connectivity index (χ4n) is 1.60. The minimum absolute atomic E-state index is 0.470. The highest BCUT2D eigenvalue weighted by Crippen LogP contribution is 2.38. The van der Waals surface area contributed by atoms with Gasteiger partial charge in [-0.3, -0.25) is 0 Å². The lowest BCUT2D eigenvalue weighted by Crippen LogP contribution is -2.10. The van der Waals surface area contributed by atoms with Crippen LogP contribution in [0.25, 0.3) is 6.08 Å². The first kappa shape index (κ1) is 16.4. The van der Waals surface area contributed by atoms with Gasteiger partial charge in [-0.1, -0.05) is 0 Å². The molecule has 1 rings (SSSR count). The zero-order valence-corrected chi connectivity index (χ0v) is 12.4. The summed E-state index contributed by atoms with van der Waals surface area (Å²) < 4.78 is 20.4. The number of hydrogen-bond acceptors (Lipinski definition) is 6. The smallest absolute Gasteiger partial charge is 0.332 e. The van der Waals surface area contributed by atoms with Crippen LogP contribution in [-0.2, 0) is 9.53 Å². The SMILES string of the molecule is COc1cc(/C=C/C(=O)O[C@@H](C)C#N)cc(OC)c1OC. The van der Waals surface area contributed by atoms with Crippen LogP contribution in [-0.4, -0.2) is 33.4 Å². The van der Waals surface area contributed by atoms with Gasteiger partial charge < -0.3 is 18.9 Å². The third-order valence-electron chi connectivity index (χ3n) is 2.57. The fraction of sp³-hybridized carbons (Fsp3) is 0.333. The number of methoxy groups -OCH3 is 3. The molecule has 0 bridgehead atoms. The van der Waals surface area contributed by atoms with Gasteiger partial charge in [0, 0.05) is 6.08 Å². The van der Waals surface area contributed by atoms with Gasteiger partial charge in [-0.2, -0.15) is 5.26 Å². The molecule has 1 aromatic rings. The third kappa shape index (κ3) is 4.42. The number of hydrogen-bond donors (Lipinski definition) is 0. The molecule has 0 aromatic heterocycles. The molecule has 0 spiro atoms. The van der Waals surface area contributed by atoms with E-state index in [1.165, 1.54) is 40.4 Å². The second-order valence-corrected chi connectivity index (χ2v) is 4.00. The Morgan fingerprint density at radius 2 is 1.76 bits per heavy atom. The predicted molar refractivity (Wildman–Crippen MR) is 76.3 cm³/mol. The van der Waals surface area contributed by atoms with E-state index in [9.17, 15) is 4.79 Å². The molecule has 0 aliphatic rings. The van der Waals surface area contributed by atoms with Gasteiger partial charge in [0.1, 0.15) is 6.07 Å². The molecule has 0 heterocycles. The molecule has 0 aliphatic heterocycles. The van der Waals surface area contributed by atoms with Crippen molar-refractivity contribution in [2.75, 3.05) is 21.3 Å². The van der Waals surface area contributed by atoms with Crippen molar-refractivity contribution in [3.8, 4) is 23.3 Å². The van der Waals surface area contributed by atoms with E-state index in [1.54, 1.807) is 12.1 Å². The van der Waals surface area contributed by atoms with Gasteiger partial charge in [0.25, 0.3) is 0 Å². The Kier molecular flexibility index (Phi) is 6.08. The van der Waals surface area contributed by atoms with Gasteiger partial charge in [-0.25, -0.2) is 4.79 Å². The molecule has 6 heteroatoms. The van der Waals surface area contributed by atoms with E-state index in [2.05, 4.69) is 0 Å². The third-order valence-corrected chi connectivity index (χ3v) is 2.57. The second kappa shape index (κ2) is 7.80. The van der Waals surface area contributed by atoms with Crippen LogP contribution in [0.2, 0.25) is 0 Å². The highest BCUT2D eigenvalue weighted by Gasteiger charge is 2.12. The van der Waals surface area contributed by atoms with Crippen molar-refractivity contribution in [3.63, 3.8) is 0 Å². The minimum Gasteiger partial charge on any atom is -0.493 e. The number of benzene rings is 1. The maximum Gasteiger partial charge on any atom is 0.332 e. The molecule has 6 nitrogen and oxygen atoms in total. The Morgan fingerprint density at radius 3 is 2.19 bits per heavy atom. The van der Waals surface area contributed by atoms with Gasteiger partial charge in [0.2, 0.25) is 5.75 Å². The quantitative estimate of drug-likeness (QED) is 0.590. The van der Waals surface area contributed by atoms with Crippen molar-refractivity contribution in [2.45, 2.75) is 13.0 Å². The first-order chi connectivity index (χ1) is 10.0. The number of nitriles is 1. The van der Waals surface area contributed by atoms with Crippen molar-refractivity contribution in [1.82, 2.24) is 0 Å². The molecule has 0 amide bonds. The normalized spacial score (nSPS) is 11.6. The highest BCUT2D eigenvalue weighted by atomic mass is 16.5. The van der Waals surface area contributed by atoms with Gasteiger partial charge in [-0.15, -0.1) is 0 Å². The van der Waals surface area contributed by atoms with E-state index >= 15 is 0 Å². The van der Waals surface area contributed by atoms with Gasteiger partial charge in [-0.05, 0) is 30.7 Å². The number of carbonyl (C=O) groups excluding carboxylic acids is 1. The Labute approximate surface area is 123 Å². The van der Waals surface area contributed by atoms with Crippen molar-refractivity contribution in [2.24, 2.45) is 0 Å². The molecule has 112 valence electrons. The molecule has 0 unspecified atom stereocenters. The van der Waals surface area contributed by atoms with E-state index in [0.29, 0.717) is 22.8 Å². The Bertz CT molecular complexity index is 549. The zero-order valence-electron chi connectivity index (χ0n) is 12.4. The van der Waals surface area contributed by atoms with Crippen molar-refractivity contribution in [1.29, 1.82) is 5.26 Å². The lowest BCUT2D eigenvalue weighted by molar-refractivity contribution is -0.139. The molecule has 0 saturated heterocycles. The van der Waals surface area contributed by atoms with Crippen LogP contribution in [0.1, 0.15) is 12.5 Å². The Hall–Kier alpha value is -2.68. The first-order valence-electron chi connectivity index (χ1n) is 6.14. The second-order valence-electron chi connectivity index (χ2n) is 4.00. The maximum absolute atomic E-state index is 11.5. The first-order valence-corrected chi connectivity index (χ1v) is 6.14. The minimum atomic E-state index is -0.790. The number of rotatable bonds is 6. The van der Waals surface area contributed by atoms with Gasteiger partial charge in [0.15, 0.2) is 17.6 Å². The number of esters is 1. The summed E-state index contributed by atoms with van der Waals surface area (Å²) in [6.45, 7) is 1.49. The summed E-state index contributed by atoms with van der Waals surface area (Å²) in [5, 5.41) is 8.56. The van der Waals surface area contributed by atoms with Crippen LogP contribution < -0.4 is 14.2 Å². The summed E-state index contributed by atoms with van der Waals surface area (Å²) >= 11 is 0. The van der Waals surface area contributed by atoms with Crippen molar-refractivity contribution in [3.05, 3.63) is 23.8 Å². The average molecular weight is 291 g/mol. The van der Waals surface area contributed by atoms with E-state index in [-0.39, 0.29) is 0 Å². The fourth-order valence-corrected chi connectivity index (χ4v) is 1.60. The number of ether oxygens (including phenoxy) is 4. The van der Waals surface area contributed by atoms with Crippen LogP contribution >= 0.6 is 0 Å². The summed E-state index contributed by atoms with van der Waals surface area (Å²) in [5.74, 6) is 0.834. The highest BCUT2D eigenvalue weighted by molar-refractivity contribution is 5.87. The summed E-state index contributed by atoms with van der Waals surface area (Å²) in [7, 11) is 4.53. The lowest BCUT2D eigenvalue weighted by Gasteiger charge is -2.12. The average Bonchev–Trinajstić information content (AvgIpc) is 2.51. The van der Waals surface area contributed by atoms with Crippen LogP contribution in [0.15, 0.2) is 18.2 Å². The molecular weight excluding hydrogens is 274 g/mol. The zero-order chi connectivity index (χ0) is 15.8. The van der Waals surface area contributed by atoms with Gasteiger partial charge >= 0.3 is 5.97 Å². The van der Waals surface area contributed by atoms with Crippen LogP contribution in [0.4, 0.5) is 0 Å². The Balaban J connectivity index is 2.99. The molecule has 1 aromatic carbocycles. The molecule has 0 fully saturated rings. The van der Waals surface area contributed by atoms with E-state index in [0.717, 1.165) is 0 Å². The van der Waals surface area contributed by atoms with Crippen molar-refractivity contribution >= 4 is 12.0 Å². The number of carbonyl (C=O) groups is 1.